The van der Waals surface area contributed by atoms with Gasteiger partial charge in [0.15, 0.2) is 13.2 Å². The maximum absolute atomic E-state index is 13.2. The highest BCUT2D eigenvalue weighted by Crippen LogP contribution is 2.23. The fourth-order valence-electron chi connectivity index (χ4n) is 4.75. The normalized spacial score (nSPS) is 12.5. The Morgan fingerprint density at radius 2 is 1.57 bits per heavy atom. The van der Waals surface area contributed by atoms with Gasteiger partial charge in [0.1, 0.15) is 11.5 Å². The number of hydrogen-bond acceptors (Lipinski definition) is 7. The molecule has 9 heteroatoms. The van der Waals surface area contributed by atoms with E-state index in [1.807, 2.05) is 83.1 Å². The zero-order valence-electron chi connectivity index (χ0n) is 26.4. The lowest BCUT2D eigenvalue weighted by molar-refractivity contribution is -0.142. The van der Waals surface area contributed by atoms with Gasteiger partial charge in [-0.25, -0.2) is 4.79 Å². The van der Waals surface area contributed by atoms with E-state index < -0.39 is 23.7 Å². The summed E-state index contributed by atoms with van der Waals surface area (Å²) in [6, 6.07) is 19.8. The standard InChI is InChI=1S/C35H44N2O7/c1-23-11-10-12-24(2)33(23)44-21-31(39)36-29(19-25-13-8-7-9-14-25)30(38)18-16-26-15-17-27(43-22-32(40)42-6)20-28(26)34(41)37-35(3,4)5/h7-15,17,20,29-30,38H,16,18-19,21-22H2,1-6H3,(H,36,39)(H,37,41). The fourth-order valence-corrected chi connectivity index (χ4v) is 4.75. The van der Waals surface area contributed by atoms with Crippen molar-refractivity contribution in [2.75, 3.05) is 20.3 Å². The largest absolute Gasteiger partial charge is 0.483 e. The molecule has 0 aliphatic heterocycles. The molecule has 0 heterocycles. The molecule has 2 unspecified atom stereocenters. The van der Waals surface area contributed by atoms with Crippen LogP contribution in [0.25, 0.3) is 0 Å². The van der Waals surface area contributed by atoms with Gasteiger partial charge in [-0.2, -0.15) is 0 Å². The number of aliphatic hydroxyl groups is 1. The smallest absolute Gasteiger partial charge is 0.343 e. The minimum absolute atomic E-state index is 0.187. The third kappa shape index (κ3) is 10.7. The molecular weight excluding hydrogens is 560 g/mol. The minimum Gasteiger partial charge on any atom is -0.483 e. The first-order valence-corrected chi connectivity index (χ1v) is 14.7. The molecule has 3 aromatic carbocycles. The molecule has 3 rings (SSSR count). The summed E-state index contributed by atoms with van der Waals surface area (Å²) in [5.74, 6) is -0.170. The Bertz CT molecular complexity index is 1400. The summed E-state index contributed by atoms with van der Waals surface area (Å²) in [4.78, 5) is 37.8. The van der Waals surface area contributed by atoms with E-state index in [2.05, 4.69) is 15.4 Å². The number of para-hydroxylation sites is 1. The molecule has 0 bridgehead atoms. The Labute approximate surface area is 259 Å². The number of carbonyl (C=O) groups is 3. The number of nitrogens with one attached hydrogen (secondary N) is 2. The second-order valence-electron chi connectivity index (χ2n) is 11.9. The van der Waals surface area contributed by atoms with E-state index in [9.17, 15) is 19.5 Å². The average Bonchev–Trinajstić information content (AvgIpc) is 2.97. The van der Waals surface area contributed by atoms with Crippen LogP contribution >= 0.6 is 0 Å². The van der Waals surface area contributed by atoms with E-state index >= 15 is 0 Å². The molecule has 236 valence electrons. The topological polar surface area (TPSA) is 123 Å². The molecule has 3 N–H and O–H groups in total. The molecule has 0 aliphatic rings. The van der Waals surface area contributed by atoms with Gasteiger partial charge in [0.25, 0.3) is 11.8 Å². The molecule has 3 aromatic rings. The summed E-state index contributed by atoms with van der Waals surface area (Å²) in [7, 11) is 1.27. The molecule has 0 saturated heterocycles. The van der Waals surface area contributed by atoms with Crippen LogP contribution < -0.4 is 20.1 Å². The summed E-state index contributed by atoms with van der Waals surface area (Å²) < 4.78 is 16.0. The molecule has 0 radical (unpaired) electrons. The average molecular weight is 605 g/mol. The quantitative estimate of drug-likeness (QED) is 0.232. The first-order chi connectivity index (χ1) is 20.9. The zero-order valence-corrected chi connectivity index (χ0v) is 26.4. The number of aryl methyl sites for hydroxylation is 3. The van der Waals surface area contributed by atoms with Crippen molar-refractivity contribution < 1.29 is 33.7 Å². The van der Waals surface area contributed by atoms with Crippen molar-refractivity contribution in [2.24, 2.45) is 0 Å². The highest BCUT2D eigenvalue weighted by atomic mass is 16.6. The number of aliphatic hydroxyl groups excluding tert-OH is 1. The molecule has 0 spiro atoms. The Hall–Kier alpha value is -4.37. The van der Waals surface area contributed by atoms with Crippen LogP contribution in [0.5, 0.6) is 11.5 Å². The van der Waals surface area contributed by atoms with E-state index in [0.717, 1.165) is 16.7 Å². The Morgan fingerprint density at radius 1 is 0.886 bits per heavy atom. The van der Waals surface area contributed by atoms with E-state index in [4.69, 9.17) is 9.47 Å². The Morgan fingerprint density at radius 3 is 2.20 bits per heavy atom. The Kier molecular flexibility index (Phi) is 12.3. The molecular formula is C35H44N2O7. The molecule has 2 atom stereocenters. The van der Waals surface area contributed by atoms with Gasteiger partial charge in [-0.15, -0.1) is 0 Å². The molecule has 2 amide bonds. The third-order valence-electron chi connectivity index (χ3n) is 6.97. The van der Waals surface area contributed by atoms with Crippen LogP contribution in [0, 0.1) is 13.8 Å². The summed E-state index contributed by atoms with van der Waals surface area (Å²) in [5.41, 5.74) is 3.42. The van der Waals surface area contributed by atoms with E-state index in [-0.39, 0.29) is 31.4 Å². The second-order valence-corrected chi connectivity index (χ2v) is 11.9. The Balaban J connectivity index is 1.76. The number of rotatable bonds is 14. The van der Waals surface area contributed by atoms with Crippen molar-refractivity contribution in [2.45, 2.75) is 71.6 Å². The van der Waals surface area contributed by atoms with Gasteiger partial charge in [-0.3, -0.25) is 9.59 Å². The van der Waals surface area contributed by atoms with Crippen molar-refractivity contribution in [3.8, 4) is 11.5 Å². The van der Waals surface area contributed by atoms with E-state index in [0.29, 0.717) is 35.5 Å². The minimum atomic E-state index is -0.923. The third-order valence-corrected chi connectivity index (χ3v) is 6.97. The van der Waals surface area contributed by atoms with Crippen molar-refractivity contribution in [1.82, 2.24) is 10.6 Å². The van der Waals surface area contributed by atoms with Crippen molar-refractivity contribution in [1.29, 1.82) is 0 Å². The number of ether oxygens (including phenoxy) is 3. The van der Waals surface area contributed by atoms with Gasteiger partial charge in [0.05, 0.1) is 19.3 Å². The number of esters is 1. The number of benzene rings is 3. The molecule has 0 saturated carbocycles. The van der Waals surface area contributed by atoms with Crippen LogP contribution in [0.15, 0.2) is 66.7 Å². The maximum atomic E-state index is 13.2. The number of carbonyl (C=O) groups excluding carboxylic acids is 3. The van der Waals surface area contributed by atoms with Crippen LogP contribution in [-0.2, 0) is 27.2 Å². The fraction of sp³-hybridized carbons (Fsp3) is 0.400. The lowest BCUT2D eigenvalue weighted by Gasteiger charge is -2.25. The highest BCUT2D eigenvalue weighted by molar-refractivity contribution is 5.96. The lowest BCUT2D eigenvalue weighted by atomic mass is 9.94. The zero-order chi connectivity index (χ0) is 32.3. The maximum Gasteiger partial charge on any atom is 0.343 e. The molecule has 44 heavy (non-hydrogen) atoms. The predicted octanol–water partition coefficient (Wildman–Crippen LogP) is 4.48. The summed E-state index contributed by atoms with van der Waals surface area (Å²) >= 11 is 0. The summed E-state index contributed by atoms with van der Waals surface area (Å²) in [6.45, 7) is 9.02. The second kappa shape index (κ2) is 15.9. The van der Waals surface area contributed by atoms with Crippen LogP contribution in [0.4, 0.5) is 0 Å². The first kappa shape index (κ1) is 34.1. The molecule has 0 fully saturated rings. The number of amides is 2. The number of hydrogen-bond donors (Lipinski definition) is 3. The van der Waals surface area contributed by atoms with Gasteiger partial charge in [-0.1, -0.05) is 54.6 Å². The van der Waals surface area contributed by atoms with Gasteiger partial charge < -0.3 is 30.0 Å². The monoisotopic (exact) mass is 604 g/mol. The van der Waals surface area contributed by atoms with Gasteiger partial charge in [-0.05, 0) is 88.3 Å². The lowest BCUT2D eigenvalue weighted by Crippen LogP contribution is -2.46. The SMILES string of the molecule is COC(=O)COc1ccc(CCC(O)C(Cc2ccccc2)NC(=O)COc2c(C)cccc2C)c(C(=O)NC(C)(C)C)c1. The highest BCUT2D eigenvalue weighted by Gasteiger charge is 2.24. The van der Waals surface area contributed by atoms with Crippen molar-refractivity contribution in [3.05, 3.63) is 94.5 Å². The van der Waals surface area contributed by atoms with E-state index in [1.165, 1.54) is 7.11 Å². The van der Waals surface area contributed by atoms with Crippen LogP contribution in [0.3, 0.4) is 0 Å². The van der Waals surface area contributed by atoms with Crippen molar-refractivity contribution >= 4 is 17.8 Å². The molecule has 0 aromatic heterocycles. The van der Waals surface area contributed by atoms with Gasteiger partial charge >= 0.3 is 5.97 Å². The summed E-state index contributed by atoms with van der Waals surface area (Å²) in [6.07, 6.45) is 0.113. The van der Waals surface area contributed by atoms with Crippen LogP contribution in [0.1, 0.15) is 59.8 Å². The van der Waals surface area contributed by atoms with E-state index in [1.54, 1.807) is 18.2 Å². The predicted molar refractivity (Wildman–Crippen MR) is 169 cm³/mol. The first-order valence-electron chi connectivity index (χ1n) is 14.7. The summed E-state index contributed by atoms with van der Waals surface area (Å²) in [5, 5.41) is 17.3. The van der Waals surface area contributed by atoms with Crippen LogP contribution in [-0.4, -0.2) is 60.9 Å². The molecule has 9 nitrogen and oxygen atoms in total. The number of methoxy groups -OCH3 is 1. The van der Waals surface area contributed by atoms with Gasteiger partial charge in [0.2, 0.25) is 0 Å². The van der Waals surface area contributed by atoms with Crippen LogP contribution in [0.2, 0.25) is 0 Å². The van der Waals surface area contributed by atoms with Crippen molar-refractivity contribution in [3.63, 3.8) is 0 Å². The molecule has 0 aliphatic carbocycles. The van der Waals surface area contributed by atoms with Gasteiger partial charge in [0, 0.05) is 11.1 Å².